The second-order valence-electron chi connectivity index (χ2n) is 5.23. The third-order valence-corrected chi connectivity index (χ3v) is 3.75. The maximum absolute atomic E-state index is 11.9. The number of hydrogen-bond acceptors (Lipinski definition) is 3. The summed E-state index contributed by atoms with van der Waals surface area (Å²) in [6.07, 6.45) is 6.05. The lowest BCUT2D eigenvalue weighted by Gasteiger charge is -2.32. The number of pyridine rings is 1. The van der Waals surface area contributed by atoms with Crippen molar-refractivity contribution in [1.82, 2.24) is 9.88 Å². The number of nitrogens with zero attached hydrogens (tertiary/aromatic N) is 2. The molecule has 0 bridgehead atoms. The molecular weight excluding hydrogens is 226 g/mol. The Morgan fingerprint density at radius 2 is 2.00 bits per heavy atom. The molecule has 0 atom stereocenters. The van der Waals surface area contributed by atoms with Crippen LogP contribution in [-0.2, 0) is 4.79 Å². The molecule has 1 aliphatic carbocycles. The summed E-state index contributed by atoms with van der Waals surface area (Å²) in [4.78, 5) is 18.2. The van der Waals surface area contributed by atoms with Crippen LogP contribution in [0, 0.1) is 5.92 Å². The van der Waals surface area contributed by atoms with Gasteiger partial charge in [-0.25, -0.2) is 4.98 Å². The van der Waals surface area contributed by atoms with Crippen molar-refractivity contribution in [2.45, 2.75) is 31.7 Å². The molecule has 1 saturated heterocycles. The van der Waals surface area contributed by atoms with E-state index in [9.17, 15) is 4.79 Å². The van der Waals surface area contributed by atoms with Crippen LogP contribution in [0.4, 0.5) is 5.82 Å². The predicted octanol–water partition coefficient (Wildman–Crippen LogP) is 1.89. The highest BCUT2D eigenvalue weighted by Gasteiger charge is 2.34. The molecule has 1 N–H and O–H groups in total. The Hall–Kier alpha value is -1.58. The van der Waals surface area contributed by atoms with E-state index in [1.807, 2.05) is 23.1 Å². The lowest BCUT2D eigenvalue weighted by atomic mass is 10.0. The number of carbonyl (C=O) groups excluding carboxylic acids is 1. The fraction of sp³-hybridized carbons (Fsp3) is 0.571. The zero-order valence-electron chi connectivity index (χ0n) is 10.5. The van der Waals surface area contributed by atoms with Crippen molar-refractivity contribution in [2.75, 3.05) is 18.4 Å². The van der Waals surface area contributed by atoms with Crippen molar-refractivity contribution < 1.29 is 4.79 Å². The van der Waals surface area contributed by atoms with Crippen LogP contribution >= 0.6 is 0 Å². The van der Waals surface area contributed by atoms with Crippen molar-refractivity contribution in [3.8, 4) is 0 Å². The average Bonchev–Trinajstić information content (AvgIpc) is 3.24. The van der Waals surface area contributed by atoms with Crippen molar-refractivity contribution in [1.29, 1.82) is 0 Å². The van der Waals surface area contributed by atoms with Crippen LogP contribution in [0.2, 0.25) is 0 Å². The van der Waals surface area contributed by atoms with Crippen LogP contribution in [0.3, 0.4) is 0 Å². The monoisotopic (exact) mass is 245 g/mol. The number of aromatic nitrogens is 1. The lowest BCUT2D eigenvalue weighted by Crippen LogP contribution is -2.43. The summed E-state index contributed by atoms with van der Waals surface area (Å²) in [6, 6.07) is 6.34. The number of likely N-dealkylation sites (tertiary alicyclic amines) is 1. The van der Waals surface area contributed by atoms with Crippen LogP contribution in [0.25, 0.3) is 0 Å². The maximum Gasteiger partial charge on any atom is 0.225 e. The third kappa shape index (κ3) is 2.63. The number of piperidine rings is 1. The zero-order chi connectivity index (χ0) is 12.4. The van der Waals surface area contributed by atoms with E-state index in [0.717, 1.165) is 44.6 Å². The Bertz CT molecular complexity index is 408. The molecule has 4 heteroatoms. The van der Waals surface area contributed by atoms with Gasteiger partial charge in [0.1, 0.15) is 5.82 Å². The van der Waals surface area contributed by atoms with Crippen LogP contribution in [0.15, 0.2) is 24.4 Å². The molecule has 1 saturated carbocycles. The average molecular weight is 245 g/mol. The first-order valence-corrected chi connectivity index (χ1v) is 6.79. The number of rotatable bonds is 3. The molecule has 2 heterocycles. The summed E-state index contributed by atoms with van der Waals surface area (Å²) in [5.74, 6) is 1.67. The highest BCUT2D eigenvalue weighted by Crippen LogP contribution is 2.32. The maximum atomic E-state index is 11.9. The van der Waals surface area contributed by atoms with Gasteiger partial charge in [0.2, 0.25) is 5.91 Å². The Kier molecular flexibility index (Phi) is 3.17. The molecule has 1 amide bonds. The van der Waals surface area contributed by atoms with E-state index in [1.165, 1.54) is 0 Å². The van der Waals surface area contributed by atoms with Gasteiger partial charge in [0.15, 0.2) is 0 Å². The van der Waals surface area contributed by atoms with Crippen molar-refractivity contribution in [3.05, 3.63) is 24.4 Å². The molecule has 3 rings (SSSR count). The van der Waals surface area contributed by atoms with E-state index >= 15 is 0 Å². The van der Waals surface area contributed by atoms with Gasteiger partial charge in [0.05, 0.1) is 0 Å². The molecule has 0 spiro atoms. The zero-order valence-corrected chi connectivity index (χ0v) is 10.5. The summed E-state index contributed by atoms with van der Waals surface area (Å²) >= 11 is 0. The van der Waals surface area contributed by atoms with E-state index < -0.39 is 0 Å². The second kappa shape index (κ2) is 4.96. The fourth-order valence-corrected chi connectivity index (χ4v) is 2.49. The van der Waals surface area contributed by atoms with Crippen molar-refractivity contribution in [3.63, 3.8) is 0 Å². The minimum Gasteiger partial charge on any atom is -0.367 e. The Labute approximate surface area is 107 Å². The summed E-state index contributed by atoms with van der Waals surface area (Å²) < 4.78 is 0. The van der Waals surface area contributed by atoms with Crippen LogP contribution < -0.4 is 5.32 Å². The second-order valence-corrected chi connectivity index (χ2v) is 5.23. The molecule has 0 aromatic carbocycles. The van der Waals surface area contributed by atoms with E-state index in [0.29, 0.717) is 17.9 Å². The largest absolute Gasteiger partial charge is 0.367 e. The van der Waals surface area contributed by atoms with Gasteiger partial charge in [0, 0.05) is 31.2 Å². The molecule has 1 aromatic heterocycles. The first-order chi connectivity index (χ1) is 8.83. The van der Waals surface area contributed by atoms with Crippen LogP contribution in [0.1, 0.15) is 25.7 Å². The lowest BCUT2D eigenvalue weighted by molar-refractivity contribution is -0.133. The van der Waals surface area contributed by atoms with Gasteiger partial charge in [-0.1, -0.05) is 6.07 Å². The van der Waals surface area contributed by atoms with Crippen molar-refractivity contribution in [2.24, 2.45) is 5.92 Å². The SMILES string of the molecule is O=C(C1CC1)N1CCC(Nc2ccccn2)CC1. The van der Waals surface area contributed by atoms with E-state index in [1.54, 1.807) is 6.20 Å². The molecule has 4 nitrogen and oxygen atoms in total. The smallest absolute Gasteiger partial charge is 0.225 e. The molecule has 2 fully saturated rings. The molecule has 1 aliphatic heterocycles. The quantitative estimate of drug-likeness (QED) is 0.884. The summed E-state index contributed by atoms with van der Waals surface area (Å²) in [6.45, 7) is 1.78. The first-order valence-electron chi connectivity index (χ1n) is 6.79. The van der Waals surface area contributed by atoms with E-state index in [-0.39, 0.29) is 0 Å². The fourth-order valence-electron chi connectivity index (χ4n) is 2.49. The van der Waals surface area contributed by atoms with Gasteiger partial charge in [0.25, 0.3) is 0 Å². The van der Waals surface area contributed by atoms with Gasteiger partial charge < -0.3 is 10.2 Å². The number of hydrogen-bond donors (Lipinski definition) is 1. The molecule has 96 valence electrons. The van der Waals surface area contributed by atoms with Crippen molar-refractivity contribution >= 4 is 11.7 Å². The topological polar surface area (TPSA) is 45.2 Å². The van der Waals surface area contributed by atoms with Crippen LogP contribution in [-0.4, -0.2) is 34.9 Å². The predicted molar refractivity (Wildman–Crippen MR) is 70.2 cm³/mol. The minimum atomic E-state index is 0.352. The molecule has 0 unspecified atom stereocenters. The molecular formula is C14H19N3O. The Balaban J connectivity index is 1.49. The van der Waals surface area contributed by atoms with E-state index in [4.69, 9.17) is 0 Å². The molecule has 0 radical (unpaired) electrons. The number of nitrogens with one attached hydrogen (secondary N) is 1. The molecule has 1 aromatic rings. The third-order valence-electron chi connectivity index (χ3n) is 3.75. The molecule has 18 heavy (non-hydrogen) atoms. The normalized spacial score (nSPS) is 20.8. The number of carbonyl (C=O) groups is 1. The summed E-state index contributed by atoms with van der Waals surface area (Å²) in [5.41, 5.74) is 0. The highest BCUT2D eigenvalue weighted by molar-refractivity contribution is 5.81. The van der Waals surface area contributed by atoms with Gasteiger partial charge in [-0.05, 0) is 37.8 Å². The Morgan fingerprint density at radius 1 is 1.22 bits per heavy atom. The van der Waals surface area contributed by atoms with Gasteiger partial charge in [-0.2, -0.15) is 0 Å². The van der Waals surface area contributed by atoms with E-state index in [2.05, 4.69) is 10.3 Å². The summed E-state index contributed by atoms with van der Waals surface area (Å²) in [5, 5.41) is 3.44. The van der Waals surface area contributed by atoms with Crippen LogP contribution in [0.5, 0.6) is 0 Å². The van der Waals surface area contributed by atoms with Gasteiger partial charge in [-0.15, -0.1) is 0 Å². The Morgan fingerprint density at radius 3 is 2.61 bits per heavy atom. The number of amides is 1. The summed E-state index contributed by atoms with van der Waals surface area (Å²) in [7, 11) is 0. The molecule has 2 aliphatic rings. The standard InChI is InChI=1S/C14H19N3O/c18-14(11-4-5-11)17-9-6-12(7-10-17)16-13-3-1-2-8-15-13/h1-3,8,11-12H,4-7,9-10H2,(H,15,16). The highest BCUT2D eigenvalue weighted by atomic mass is 16.2. The first kappa shape index (κ1) is 11.5. The number of anilines is 1. The van der Waals surface area contributed by atoms with Gasteiger partial charge >= 0.3 is 0 Å². The minimum absolute atomic E-state index is 0.352. The van der Waals surface area contributed by atoms with Gasteiger partial charge in [-0.3, -0.25) is 4.79 Å².